The Bertz CT molecular complexity index is 1650. The van der Waals surface area contributed by atoms with Crippen molar-refractivity contribution in [2.45, 2.75) is 20.8 Å². The minimum atomic E-state index is -0.649. The van der Waals surface area contributed by atoms with E-state index in [1.54, 1.807) is 42.5 Å². The van der Waals surface area contributed by atoms with Crippen LogP contribution in [0.5, 0.6) is 0 Å². The molecule has 6 nitrogen and oxygen atoms in total. The predicted molar refractivity (Wildman–Crippen MR) is 131 cm³/mol. The highest BCUT2D eigenvalue weighted by atomic mass is 16.4. The minimum absolute atomic E-state index is 0.00793. The number of hydrogen-bond acceptors (Lipinski definition) is 5. The molecule has 0 atom stereocenters. The first kappa shape index (κ1) is 21.4. The third-order valence-electron chi connectivity index (χ3n) is 5.99. The smallest absolute Gasteiger partial charge is 0.291 e. The highest BCUT2D eigenvalue weighted by Gasteiger charge is 2.25. The van der Waals surface area contributed by atoms with Crippen LogP contribution in [0.25, 0.3) is 21.9 Å². The molecule has 0 aliphatic rings. The molecule has 0 saturated heterocycles. The Morgan fingerprint density at radius 2 is 1.56 bits per heavy atom. The van der Waals surface area contributed by atoms with Gasteiger partial charge >= 0.3 is 0 Å². The van der Waals surface area contributed by atoms with E-state index in [9.17, 15) is 14.4 Å². The first-order valence-electron chi connectivity index (χ1n) is 10.8. The van der Waals surface area contributed by atoms with Crippen molar-refractivity contribution in [3.8, 4) is 0 Å². The van der Waals surface area contributed by atoms with E-state index in [-0.39, 0.29) is 28.4 Å². The number of hydrogen-bond donors (Lipinski definition) is 1. The molecule has 6 heteroatoms. The number of nitrogens with one attached hydrogen (secondary N) is 1. The number of carbonyl (C=O) groups is 2. The monoisotopic (exact) mass is 451 g/mol. The van der Waals surface area contributed by atoms with Gasteiger partial charge in [0, 0.05) is 17.0 Å². The topological polar surface area (TPSA) is 89.5 Å². The summed E-state index contributed by atoms with van der Waals surface area (Å²) in [5, 5.41) is 3.73. The van der Waals surface area contributed by atoms with Gasteiger partial charge in [-0.1, -0.05) is 48.0 Å². The lowest BCUT2D eigenvalue weighted by atomic mass is 10.1. The van der Waals surface area contributed by atoms with Crippen molar-refractivity contribution in [3.05, 3.63) is 111 Å². The first-order chi connectivity index (χ1) is 16.3. The first-order valence-corrected chi connectivity index (χ1v) is 10.8. The van der Waals surface area contributed by atoms with Crippen LogP contribution in [0, 0.1) is 20.8 Å². The Morgan fingerprint density at radius 1 is 0.824 bits per heavy atom. The Balaban J connectivity index is 1.60. The van der Waals surface area contributed by atoms with Crippen LogP contribution in [0.15, 0.2) is 80.4 Å². The summed E-state index contributed by atoms with van der Waals surface area (Å²) in [4.78, 5) is 39.1. The molecule has 34 heavy (non-hydrogen) atoms. The van der Waals surface area contributed by atoms with Crippen molar-refractivity contribution in [2.24, 2.45) is 0 Å². The van der Waals surface area contributed by atoms with Gasteiger partial charge in [0.05, 0.1) is 11.1 Å². The van der Waals surface area contributed by atoms with Crippen LogP contribution in [0.1, 0.15) is 43.4 Å². The number of rotatable bonds is 4. The van der Waals surface area contributed by atoms with Gasteiger partial charge in [-0.05, 0) is 50.1 Å². The molecule has 1 amide bonds. The highest BCUT2D eigenvalue weighted by Crippen LogP contribution is 2.33. The molecule has 0 unspecified atom stereocenters. The second kappa shape index (κ2) is 8.15. The van der Waals surface area contributed by atoms with Gasteiger partial charge in [0.1, 0.15) is 11.2 Å². The molecule has 0 fully saturated rings. The molecule has 1 N–H and O–H groups in total. The molecule has 0 aliphatic heterocycles. The van der Waals surface area contributed by atoms with Crippen LogP contribution in [-0.2, 0) is 0 Å². The number of fused-ring (bicyclic) bond motifs is 2. The van der Waals surface area contributed by atoms with E-state index >= 15 is 0 Å². The fourth-order valence-electron chi connectivity index (χ4n) is 3.90. The lowest BCUT2D eigenvalue weighted by Gasteiger charge is -2.08. The van der Waals surface area contributed by atoms with Crippen molar-refractivity contribution in [1.82, 2.24) is 0 Å². The standard InChI is InChI=1S/C28H21NO5/c1-15-8-11-18(12-9-15)25(31)27-24(20-6-4-5-7-22(20)33-27)29-28(32)23-14-21(30)19-13-10-16(2)17(3)26(19)34-23/h4-14H,1-3H3,(H,29,32). The van der Waals surface area contributed by atoms with E-state index in [2.05, 4.69) is 5.32 Å². The van der Waals surface area contributed by atoms with Crippen LogP contribution in [0.3, 0.4) is 0 Å². The minimum Gasteiger partial charge on any atom is -0.450 e. The molecule has 0 aliphatic carbocycles. The van der Waals surface area contributed by atoms with Gasteiger partial charge in [-0.25, -0.2) is 0 Å². The zero-order valence-electron chi connectivity index (χ0n) is 18.9. The Morgan fingerprint density at radius 3 is 2.32 bits per heavy atom. The van der Waals surface area contributed by atoms with Crippen LogP contribution in [-0.4, -0.2) is 11.7 Å². The van der Waals surface area contributed by atoms with E-state index in [0.29, 0.717) is 27.5 Å². The molecule has 5 aromatic rings. The number of amides is 1. The van der Waals surface area contributed by atoms with Gasteiger partial charge in [0.25, 0.3) is 5.91 Å². The molecule has 0 radical (unpaired) electrons. The van der Waals surface area contributed by atoms with Crippen LogP contribution < -0.4 is 10.7 Å². The van der Waals surface area contributed by atoms with Crippen LogP contribution in [0.4, 0.5) is 5.69 Å². The van der Waals surface area contributed by atoms with Crippen molar-refractivity contribution in [1.29, 1.82) is 0 Å². The molecule has 3 aromatic carbocycles. The molecule has 2 aromatic heterocycles. The number of para-hydroxylation sites is 1. The van der Waals surface area contributed by atoms with Gasteiger partial charge in [0.15, 0.2) is 16.9 Å². The fourth-order valence-corrected chi connectivity index (χ4v) is 3.90. The van der Waals surface area contributed by atoms with E-state index in [1.165, 1.54) is 0 Å². The molecular weight excluding hydrogens is 430 g/mol. The summed E-state index contributed by atoms with van der Waals surface area (Å²) in [6.45, 7) is 5.67. The lowest BCUT2D eigenvalue weighted by molar-refractivity contribution is 0.0997. The van der Waals surface area contributed by atoms with Gasteiger partial charge in [0.2, 0.25) is 5.78 Å². The average Bonchev–Trinajstić information content (AvgIpc) is 3.20. The number of benzene rings is 3. The zero-order chi connectivity index (χ0) is 24.0. The van der Waals surface area contributed by atoms with Gasteiger partial charge < -0.3 is 14.2 Å². The quantitative estimate of drug-likeness (QED) is 0.341. The normalized spacial score (nSPS) is 11.1. The summed E-state index contributed by atoms with van der Waals surface area (Å²) in [6.07, 6.45) is 0. The van der Waals surface area contributed by atoms with Crippen molar-refractivity contribution in [2.75, 3.05) is 5.32 Å². The summed E-state index contributed by atoms with van der Waals surface area (Å²) in [5.41, 5.74) is 3.92. The fraction of sp³-hybridized carbons (Fsp3) is 0.107. The third kappa shape index (κ3) is 3.59. The Labute approximate surface area is 194 Å². The molecule has 168 valence electrons. The maximum Gasteiger partial charge on any atom is 0.291 e. The van der Waals surface area contributed by atoms with Crippen LogP contribution >= 0.6 is 0 Å². The summed E-state index contributed by atoms with van der Waals surface area (Å²) in [5.74, 6) is -1.15. The van der Waals surface area contributed by atoms with Crippen molar-refractivity contribution in [3.63, 3.8) is 0 Å². The van der Waals surface area contributed by atoms with E-state index in [4.69, 9.17) is 8.83 Å². The predicted octanol–water partition coefficient (Wildman–Crippen LogP) is 5.95. The molecular formula is C28H21NO5. The van der Waals surface area contributed by atoms with E-state index < -0.39 is 5.91 Å². The van der Waals surface area contributed by atoms with E-state index in [0.717, 1.165) is 22.8 Å². The molecule has 0 saturated carbocycles. The van der Waals surface area contributed by atoms with E-state index in [1.807, 2.05) is 39.0 Å². The number of carbonyl (C=O) groups excluding carboxylic acids is 2. The number of furan rings is 1. The van der Waals surface area contributed by atoms with Crippen LogP contribution in [0.2, 0.25) is 0 Å². The van der Waals surface area contributed by atoms with Gasteiger partial charge in [-0.15, -0.1) is 0 Å². The summed E-state index contributed by atoms with van der Waals surface area (Å²) >= 11 is 0. The maximum atomic E-state index is 13.3. The van der Waals surface area contributed by atoms with Crippen molar-refractivity contribution < 1.29 is 18.4 Å². The maximum absolute atomic E-state index is 13.3. The average molecular weight is 451 g/mol. The molecule has 0 spiro atoms. The molecule has 0 bridgehead atoms. The number of anilines is 1. The van der Waals surface area contributed by atoms with Gasteiger partial charge in [-0.3, -0.25) is 14.4 Å². The summed E-state index contributed by atoms with van der Waals surface area (Å²) in [7, 11) is 0. The Hall–Kier alpha value is -4.45. The molecule has 5 rings (SSSR count). The molecule has 2 heterocycles. The third-order valence-corrected chi connectivity index (χ3v) is 5.99. The second-order valence-corrected chi connectivity index (χ2v) is 8.31. The zero-order valence-corrected chi connectivity index (χ0v) is 18.9. The summed E-state index contributed by atoms with van der Waals surface area (Å²) < 4.78 is 11.7. The van der Waals surface area contributed by atoms with Gasteiger partial charge in [-0.2, -0.15) is 0 Å². The number of ketones is 1. The largest absolute Gasteiger partial charge is 0.450 e. The highest BCUT2D eigenvalue weighted by molar-refractivity contribution is 6.18. The second-order valence-electron chi connectivity index (χ2n) is 8.31. The number of aryl methyl sites for hydroxylation is 3. The Kier molecular flexibility index (Phi) is 5.13. The SMILES string of the molecule is Cc1ccc(C(=O)c2oc3ccccc3c2NC(=O)c2cc(=O)c3ccc(C)c(C)c3o2)cc1. The van der Waals surface area contributed by atoms with Crippen molar-refractivity contribution >= 4 is 39.3 Å². The lowest BCUT2D eigenvalue weighted by Crippen LogP contribution is -2.17. The summed E-state index contributed by atoms with van der Waals surface area (Å²) in [6, 6.07) is 18.8.